The third kappa shape index (κ3) is 2.77. The van der Waals surface area contributed by atoms with Gasteiger partial charge in [-0.3, -0.25) is 9.78 Å². The molecular weight excluding hydrogens is 285 g/mol. The molecular formula is C13H9BrFNO. The zero-order chi connectivity index (χ0) is 12.3. The third-order valence-electron chi connectivity index (χ3n) is 2.34. The highest BCUT2D eigenvalue weighted by molar-refractivity contribution is 9.09. The van der Waals surface area contributed by atoms with Crippen LogP contribution in [0.2, 0.25) is 0 Å². The molecule has 2 aromatic rings. The monoisotopic (exact) mass is 293 g/mol. The van der Waals surface area contributed by atoms with Gasteiger partial charge in [-0.15, -0.1) is 0 Å². The van der Waals surface area contributed by atoms with E-state index >= 15 is 0 Å². The normalized spacial score (nSPS) is 12.1. The molecule has 0 spiro atoms. The Kier molecular flexibility index (Phi) is 3.64. The number of hydrogen-bond acceptors (Lipinski definition) is 2. The summed E-state index contributed by atoms with van der Waals surface area (Å²) in [5.74, 6) is -0.466. The van der Waals surface area contributed by atoms with E-state index in [2.05, 4.69) is 20.9 Å². The molecule has 17 heavy (non-hydrogen) atoms. The highest BCUT2D eigenvalue weighted by Gasteiger charge is 2.18. The summed E-state index contributed by atoms with van der Waals surface area (Å²) in [5.41, 5.74) is 1.25. The summed E-state index contributed by atoms with van der Waals surface area (Å²) in [5, 5.41) is 0. The highest BCUT2D eigenvalue weighted by Crippen LogP contribution is 2.26. The summed E-state index contributed by atoms with van der Waals surface area (Å²) < 4.78 is 12.7. The van der Waals surface area contributed by atoms with E-state index in [-0.39, 0.29) is 11.6 Å². The van der Waals surface area contributed by atoms with Crippen LogP contribution >= 0.6 is 15.9 Å². The standard InChI is InChI=1S/C13H9BrFNO/c14-12(10-2-1-7-16-8-10)13(17)9-3-5-11(15)6-4-9/h1-8,12H/t12-/m1/s1. The average molecular weight is 294 g/mol. The van der Waals surface area contributed by atoms with Gasteiger partial charge >= 0.3 is 0 Å². The first-order valence-electron chi connectivity index (χ1n) is 5.02. The van der Waals surface area contributed by atoms with Crippen LogP contribution in [0.5, 0.6) is 0 Å². The van der Waals surface area contributed by atoms with E-state index in [4.69, 9.17) is 0 Å². The maximum atomic E-state index is 12.7. The maximum Gasteiger partial charge on any atom is 0.180 e. The summed E-state index contributed by atoms with van der Waals surface area (Å²) in [6.45, 7) is 0. The molecule has 0 radical (unpaired) electrons. The van der Waals surface area contributed by atoms with Gasteiger partial charge in [0.15, 0.2) is 5.78 Å². The Balaban J connectivity index is 2.23. The second kappa shape index (κ2) is 5.19. The maximum absolute atomic E-state index is 12.7. The van der Waals surface area contributed by atoms with Crippen LogP contribution in [0.1, 0.15) is 20.7 Å². The smallest absolute Gasteiger partial charge is 0.180 e. The minimum Gasteiger partial charge on any atom is -0.293 e. The SMILES string of the molecule is O=C(c1ccc(F)cc1)[C@H](Br)c1cccnc1. The predicted molar refractivity (Wildman–Crippen MR) is 66.6 cm³/mol. The molecule has 0 bridgehead atoms. The molecule has 0 N–H and O–H groups in total. The second-order valence-electron chi connectivity index (χ2n) is 3.52. The van der Waals surface area contributed by atoms with Crippen molar-refractivity contribution in [1.82, 2.24) is 4.98 Å². The minimum atomic E-state index is -0.457. The number of benzene rings is 1. The fraction of sp³-hybridized carbons (Fsp3) is 0.0769. The van der Waals surface area contributed by atoms with Crippen molar-refractivity contribution in [2.75, 3.05) is 0 Å². The molecule has 2 rings (SSSR count). The number of rotatable bonds is 3. The zero-order valence-electron chi connectivity index (χ0n) is 8.81. The van der Waals surface area contributed by atoms with Gasteiger partial charge in [0.1, 0.15) is 10.6 Å². The molecule has 2 nitrogen and oxygen atoms in total. The quantitative estimate of drug-likeness (QED) is 0.640. The van der Waals surface area contributed by atoms with E-state index in [0.717, 1.165) is 5.56 Å². The van der Waals surface area contributed by atoms with E-state index in [0.29, 0.717) is 5.56 Å². The van der Waals surface area contributed by atoms with Crippen molar-refractivity contribution in [1.29, 1.82) is 0 Å². The van der Waals surface area contributed by atoms with Gasteiger partial charge in [0.05, 0.1) is 0 Å². The molecule has 86 valence electrons. The third-order valence-corrected chi connectivity index (χ3v) is 3.28. The van der Waals surface area contributed by atoms with Crippen LogP contribution in [0.3, 0.4) is 0 Å². The Morgan fingerprint density at radius 1 is 1.24 bits per heavy atom. The van der Waals surface area contributed by atoms with Gasteiger partial charge in [0, 0.05) is 18.0 Å². The molecule has 0 saturated heterocycles. The molecule has 1 aromatic heterocycles. The van der Waals surface area contributed by atoms with Gasteiger partial charge < -0.3 is 0 Å². The summed E-state index contributed by atoms with van der Waals surface area (Å²) in [7, 11) is 0. The molecule has 0 aliphatic rings. The number of aromatic nitrogens is 1. The van der Waals surface area contributed by atoms with Gasteiger partial charge in [-0.2, -0.15) is 0 Å². The van der Waals surface area contributed by atoms with Gasteiger partial charge in [-0.05, 0) is 35.9 Å². The Morgan fingerprint density at radius 3 is 2.53 bits per heavy atom. The van der Waals surface area contributed by atoms with Crippen LogP contribution in [-0.4, -0.2) is 10.8 Å². The Hall–Kier alpha value is -1.55. The van der Waals surface area contributed by atoms with Crippen molar-refractivity contribution < 1.29 is 9.18 Å². The summed E-state index contributed by atoms with van der Waals surface area (Å²) in [6.07, 6.45) is 3.27. The van der Waals surface area contributed by atoms with Crippen molar-refractivity contribution in [3.05, 3.63) is 65.7 Å². The van der Waals surface area contributed by atoms with Gasteiger partial charge in [-0.25, -0.2) is 4.39 Å². The zero-order valence-corrected chi connectivity index (χ0v) is 10.4. The van der Waals surface area contributed by atoms with Crippen molar-refractivity contribution in [3.63, 3.8) is 0 Å². The second-order valence-corrected chi connectivity index (χ2v) is 4.44. The van der Waals surface area contributed by atoms with Crippen molar-refractivity contribution in [3.8, 4) is 0 Å². The number of Topliss-reactive ketones (excluding diaryl/α,β-unsaturated/α-hetero) is 1. The van der Waals surface area contributed by atoms with Crippen LogP contribution in [0.4, 0.5) is 4.39 Å². The largest absolute Gasteiger partial charge is 0.293 e. The van der Waals surface area contributed by atoms with Crippen molar-refractivity contribution in [2.24, 2.45) is 0 Å². The van der Waals surface area contributed by atoms with Crippen LogP contribution < -0.4 is 0 Å². The Bertz CT molecular complexity index is 513. The minimum absolute atomic E-state index is 0.113. The first-order valence-corrected chi connectivity index (χ1v) is 5.94. The molecule has 0 aliphatic heterocycles. The number of carbonyl (C=O) groups excluding carboxylic acids is 1. The number of hydrogen-bond donors (Lipinski definition) is 0. The fourth-order valence-electron chi connectivity index (χ4n) is 1.44. The number of pyridine rings is 1. The molecule has 0 saturated carbocycles. The Morgan fingerprint density at radius 2 is 1.94 bits per heavy atom. The Labute approximate surface area is 107 Å². The highest BCUT2D eigenvalue weighted by atomic mass is 79.9. The first kappa shape index (κ1) is 11.9. The number of carbonyl (C=O) groups is 1. The van der Waals surface area contributed by atoms with Gasteiger partial charge in [0.25, 0.3) is 0 Å². The van der Waals surface area contributed by atoms with Crippen LogP contribution in [0, 0.1) is 5.82 Å². The lowest BCUT2D eigenvalue weighted by Gasteiger charge is -2.08. The average Bonchev–Trinajstić information content (AvgIpc) is 2.39. The lowest BCUT2D eigenvalue weighted by Crippen LogP contribution is -2.07. The molecule has 0 unspecified atom stereocenters. The van der Waals surface area contributed by atoms with E-state index in [1.807, 2.05) is 6.07 Å². The lowest BCUT2D eigenvalue weighted by atomic mass is 10.0. The van der Waals surface area contributed by atoms with Crippen molar-refractivity contribution >= 4 is 21.7 Å². The molecule has 0 amide bonds. The van der Waals surface area contributed by atoms with Crippen LogP contribution in [0.15, 0.2) is 48.8 Å². The first-order chi connectivity index (χ1) is 8.18. The lowest BCUT2D eigenvalue weighted by molar-refractivity contribution is 0.0991. The molecule has 1 aromatic carbocycles. The summed E-state index contributed by atoms with van der Waals surface area (Å²) in [6, 6.07) is 9.08. The fourth-order valence-corrected chi connectivity index (χ4v) is 1.97. The van der Waals surface area contributed by atoms with Gasteiger partial charge in [-0.1, -0.05) is 22.0 Å². The van der Waals surface area contributed by atoms with E-state index < -0.39 is 4.83 Å². The number of nitrogens with zero attached hydrogens (tertiary/aromatic N) is 1. The molecule has 1 heterocycles. The molecule has 0 aliphatic carbocycles. The van der Waals surface area contributed by atoms with E-state index in [1.165, 1.54) is 24.3 Å². The number of ketones is 1. The molecule has 4 heteroatoms. The van der Waals surface area contributed by atoms with Crippen molar-refractivity contribution in [2.45, 2.75) is 4.83 Å². The molecule has 0 fully saturated rings. The predicted octanol–water partition coefficient (Wildman–Crippen LogP) is 3.54. The summed E-state index contributed by atoms with van der Waals surface area (Å²) >= 11 is 3.32. The number of alkyl halides is 1. The molecule has 1 atom stereocenters. The van der Waals surface area contributed by atoms with Gasteiger partial charge in [0.2, 0.25) is 0 Å². The van der Waals surface area contributed by atoms with Crippen LogP contribution in [0.25, 0.3) is 0 Å². The number of halogens is 2. The summed E-state index contributed by atoms with van der Waals surface area (Å²) in [4.78, 5) is 15.6. The van der Waals surface area contributed by atoms with E-state index in [1.54, 1.807) is 18.5 Å². The van der Waals surface area contributed by atoms with E-state index in [9.17, 15) is 9.18 Å². The van der Waals surface area contributed by atoms with Crippen LogP contribution in [-0.2, 0) is 0 Å². The topological polar surface area (TPSA) is 30.0 Å².